The van der Waals surface area contributed by atoms with E-state index in [9.17, 15) is 26.4 Å². The SMILES string of the molecule is COc1ccc(S(=O)(=O)NC(=O)c2ccc(-n3ccc(OCC4(C(F)(F)F)CC4)n3)nc2Cl)cc1. The molecule has 35 heavy (non-hydrogen) atoms. The van der Waals surface area contributed by atoms with Gasteiger partial charge in [0.05, 0.1) is 17.6 Å². The van der Waals surface area contributed by atoms with Gasteiger partial charge in [0.1, 0.15) is 22.9 Å². The van der Waals surface area contributed by atoms with Gasteiger partial charge in [-0.3, -0.25) is 4.79 Å². The lowest BCUT2D eigenvalue weighted by molar-refractivity contribution is -0.194. The number of sulfonamides is 1. The van der Waals surface area contributed by atoms with E-state index in [-0.39, 0.29) is 40.2 Å². The van der Waals surface area contributed by atoms with E-state index >= 15 is 0 Å². The van der Waals surface area contributed by atoms with Gasteiger partial charge in [-0.1, -0.05) is 11.6 Å². The van der Waals surface area contributed by atoms with E-state index in [4.69, 9.17) is 21.1 Å². The molecule has 9 nitrogen and oxygen atoms in total. The summed E-state index contributed by atoms with van der Waals surface area (Å²) in [4.78, 5) is 16.4. The molecular weight excluding hydrogens is 513 g/mol. The number of ether oxygens (including phenoxy) is 2. The van der Waals surface area contributed by atoms with Crippen LogP contribution in [0.4, 0.5) is 13.2 Å². The van der Waals surface area contributed by atoms with E-state index in [1.165, 1.54) is 60.5 Å². The Hall–Kier alpha value is -3.32. The highest BCUT2D eigenvalue weighted by Crippen LogP contribution is 2.57. The highest BCUT2D eigenvalue weighted by atomic mass is 35.5. The van der Waals surface area contributed by atoms with Crippen LogP contribution in [0.15, 0.2) is 53.6 Å². The smallest absolute Gasteiger partial charge is 0.397 e. The van der Waals surface area contributed by atoms with Gasteiger partial charge in [-0.2, -0.15) is 13.2 Å². The summed E-state index contributed by atoms with van der Waals surface area (Å²) < 4.78 is 77.4. The van der Waals surface area contributed by atoms with Gasteiger partial charge in [-0.15, -0.1) is 5.10 Å². The molecule has 4 rings (SSSR count). The Morgan fingerprint density at radius 3 is 2.43 bits per heavy atom. The summed E-state index contributed by atoms with van der Waals surface area (Å²) in [6, 6.07) is 9.35. The van der Waals surface area contributed by atoms with Crippen LogP contribution in [-0.4, -0.2) is 49.0 Å². The lowest BCUT2D eigenvalue weighted by Crippen LogP contribution is -2.31. The molecule has 3 aromatic rings. The molecular formula is C21H18ClF3N4O5S. The number of hydrogen-bond donors (Lipinski definition) is 1. The zero-order chi connectivity index (χ0) is 25.4. The van der Waals surface area contributed by atoms with Crippen molar-refractivity contribution in [1.29, 1.82) is 0 Å². The number of nitrogens with zero attached hydrogens (tertiary/aromatic N) is 3. The van der Waals surface area contributed by atoms with Gasteiger partial charge in [0.25, 0.3) is 15.9 Å². The van der Waals surface area contributed by atoms with Crippen molar-refractivity contribution < 1.29 is 35.9 Å². The predicted molar refractivity (Wildman–Crippen MR) is 117 cm³/mol. The molecule has 0 atom stereocenters. The van der Waals surface area contributed by atoms with Crippen LogP contribution in [0.5, 0.6) is 11.6 Å². The maximum atomic E-state index is 13.0. The number of amides is 1. The van der Waals surface area contributed by atoms with E-state index in [2.05, 4.69) is 10.1 Å². The Bertz CT molecular complexity index is 1360. The highest BCUT2D eigenvalue weighted by molar-refractivity contribution is 7.90. The molecule has 14 heteroatoms. The van der Waals surface area contributed by atoms with Crippen molar-refractivity contribution in [3.8, 4) is 17.4 Å². The van der Waals surface area contributed by atoms with Crippen LogP contribution < -0.4 is 14.2 Å². The van der Waals surface area contributed by atoms with Gasteiger partial charge in [0.2, 0.25) is 5.88 Å². The van der Waals surface area contributed by atoms with Gasteiger partial charge in [-0.25, -0.2) is 22.8 Å². The second-order valence-electron chi connectivity index (χ2n) is 7.78. The van der Waals surface area contributed by atoms with Crippen LogP contribution >= 0.6 is 11.6 Å². The number of rotatable bonds is 8. The molecule has 2 heterocycles. The Morgan fingerprint density at radius 2 is 1.86 bits per heavy atom. The van der Waals surface area contributed by atoms with Gasteiger partial charge in [-0.05, 0) is 49.2 Å². The van der Waals surface area contributed by atoms with Crippen LogP contribution in [0.3, 0.4) is 0 Å². The van der Waals surface area contributed by atoms with Gasteiger partial charge >= 0.3 is 6.18 Å². The first-order valence-corrected chi connectivity index (χ1v) is 11.9. The fourth-order valence-electron chi connectivity index (χ4n) is 3.10. The number of carbonyl (C=O) groups excluding carboxylic acids is 1. The molecule has 1 saturated carbocycles. The Morgan fingerprint density at radius 1 is 1.17 bits per heavy atom. The van der Waals surface area contributed by atoms with Gasteiger partial charge in [0.15, 0.2) is 5.82 Å². The normalized spacial score (nSPS) is 14.9. The van der Waals surface area contributed by atoms with E-state index in [1.807, 2.05) is 4.72 Å². The maximum absolute atomic E-state index is 13.0. The molecule has 1 fully saturated rings. The summed E-state index contributed by atoms with van der Waals surface area (Å²) in [7, 11) is -2.76. The molecule has 0 unspecified atom stereocenters. The third-order valence-electron chi connectivity index (χ3n) is 5.43. The number of pyridine rings is 1. The molecule has 1 aliphatic rings. The molecule has 1 aliphatic carbocycles. The predicted octanol–water partition coefficient (Wildman–Crippen LogP) is 3.77. The minimum atomic E-state index is -4.35. The van der Waals surface area contributed by atoms with E-state index in [1.54, 1.807) is 0 Å². The largest absolute Gasteiger partial charge is 0.497 e. The molecule has 0 aliphatic heterocycles. The quantitative estimate of drug-likeness (QED) is 0.441. The van der Waals surface area contributed by atoms with Crippen molar-refractivity contribution in [3.63, 3.8) is 0 Å². The first-order chi connectivity index (χ1) is 16.4. The molecule has 0 bridgehead atoms. The standard InChI is InChI=1S/C21H18ClF3N4O5S/c1-33-13-2-4-14(5-3-13)35(31,32)28-19(30)15-6-7-16(26-18(15)22)29-11-8-17(27-29)34-12-20(9-10-20)21(23,24)25/h2-8,11H,9-10,12H2,1H3,(H,28,30). The van der Waals surface area contributed by atoms with Crippen molar-refractivity contribution >= 4 is 27.5 Å². The van der Waals surface area contributed by atoms with Crippen molar-refractivity contribution in [2.75, 3.05) is 13.7 Å². The average Bonchev–Trinajstić information content (AvgIpc) is 3.47. The summed E-state index contributed by atoms with van der Waals surface area (Å²) in [5.41, 5.74) is -2.04. The number of halogens is 4. The Labute approximate surface area is 202 Å². The molecule has 1 aromatic carbocycles. The van der Waals surface area contributed by atoms with Crippen molar-refractivity contribution in [1.82, 2.24) is 19.5 Å². The molecule has 0 saturated heterocycles. The second-order valence-corrected chi connectivity index (χ2v) is 9.82. The minimum Gasteiger partial charge on any atom is -0.497 e. The summed E-state index contributed by atoms with van der Waals surface area (Å²) >= 11 is 6.09. The maximum Gasteiger partial charge on any atom is 0.397 e. The molecule has 2 aromatic heterocycles. The minimum absolute atomic E-state index is 0.00603. The number of nitrogens with one attached hydrogen (secondary N) is 1. The number of alkyl halides is 3. The Kier molecular flexibility index (Phi) is 6.40. The fourth-order valence-corrected chi connectivity index (χ4v) is 4.30. The van der Waals surface area contributed by atoms with Gasteiger partial charge < -0.3 is 9.47 Å². The fraction of sp³-hybridized carbons (Fsp3) is 0.286. The number of methoxy groups -OCH3 is 1. The first-order valence-electron chi connectivity index (χ1n) is 10.1. The van der Waals surface area contributed by atoms with Gasteiger partial charge in [0, 0.05) is 12.3 Å². The topological polar surface area (TPSA) is 112 Å². The third kappa shape index (κ3) is 5.20. The zero-order valence-electron chi connectivity index (χ0n) is 18.0. The number of benzene rings is 1. The molecule has 0 radical (unpaired) electrons. The summed E-state index contributed by atoms with van der Waals surface area (Å²) in [5, 5.41) is 3.71. The number of carbonyl (C=O) groups is 1. The average molecular weight is 531 g/mol. The van der Waals surface area contributed by atoms with Crippen LogP contribution in [0.1, 0.15) is 23.2 Å². The lowest BCUT2D eigenvalue weighted by Gasteiger charge is -2.18. The molecule has 1 N–H and O–H groups in total. The molecule has 1 amide bonds. The number of aromatic nitrogens is 3. The van der Waals surface area contributed by atoms with E-state index in [0.29, 0.717) is 5.75 Å². The van der Waals surface area contributed by atoms with E-state index in [0.717, 1.165) is 0 Å². The second kappa shape index (κ2) is 9.04. The lowest BCUT2D eigenvalue weighted by atomic mass is 10.1. The van der Waals surface area contributed by atoms with Crippen LogP contribution in [0.25, 0.3) is 5.82 Å². The summed E-state index contributed by atoms with van der Waals surface area (Å²) in [6.45, 7) is -0.538. The van der Waals surface area contributed by atoms with Crippen molar-refractivity contribution in [2.45, 2.75) is 23.9 Å². The zero-order valence-corrected chi connectivity index (χ0v) is 19.6. The van der Waals surface area contributed by atoms with Crippen molar-refractivity contribution in [3.05, 3.63) is 59.4 Å². The van der Waals surface area contributed by atoms with Crippen LogP contribution in [0, 0.1) is 5.41 Å². The Balaban J connectivity index is 1.44. The van der Waals surface area contributed by atoms with Crippen LogP contribution in [-0.2, 0) is 10.0 Å². The van der Waals surface area contributed by atoms with Crippen molar-refractivity contribution in [2.24, 2.45) is 5.41 Å². The third-order valence-corrected chi connectivity index (χ3v) is 7.06. The monoisotopic (exact) mass is 530 g/mol. The molecule has 186 valence electrons. The first kappa shape index (κ1) is 24.8. The molecule has 0 spiro atoms. The summed E-state index contributed by atoms with van der Waals surface area (Å²) in [5.74, 6) is -0.462. The highest BCUT2D eigenvalue weighted by Gasteiger charge is 2.64. The summed E-state index contributed by atoms with van der Waals surface area (Å²) in [6.07, 6.45) is -2.94. The number of hydrogen-bond acceptors (Lipinski definition) is 7. The van der Waals surface area contributed by atoms with E-state index < -0.39 is 34.1 Å². The van der Waals surface area contributed by atoms with Crippen LogP contribution in [0.2, 0.25) is 5.15 Å².